The summed E-state index contributed by atoms with van der Waals surface area (Å²) in [5.41, 5.74) is 0. The van der Waals surface area contributed by atoms with Crippen molar-refractivity contribution in [1.29, 1.82) is 0 Å². The zero-order chi connectivity index (χ0) is 10.3. The summed E-state index contributed by atoms with van der Waals surface area (Å²) >= 11 is 0. The van der Waals surface area contributed by atoms with E-state index in [9.17, 15) is 18.4 Å². The van der Waals surface area contributed by atoms with E-state index >= 15 is 0 Å². The summed E-state index contributed by atoms with van der Waals surface area (Å²) in [4.78, 5) is 24.8. The fourth-order valence-corrected chi connectivity index (χ4v) is 1.19. The first-order valence-corrected chi connectivity index (χ1v) is 3.73. The van der Waals surface area contributed by atoms with E-state index in [-0.39, 0.29) is 5.36 Å². The molecule has 1 amide bonds. The number of nitrogens with zero attached hydrogens (tertiary/aromatic N) is 1. The minimum absolute atomic E-state index is 0.146. The smallest absolute Gasteiger partial charge is 0.280 e. The quantitative estimate of drug-likeness (QED) is 0.530. The van der Waals surface area contributed by atoms with Gasteiger partial charge in [-0.1, -0.05) is 6.07 Å². The van der Waals surface area contributed by atoms with Crippen LogP contribution in [0.1, 0.15) is 0 Å². The normalized spacial score (nSPS) is 15.1. The third-order valence-electron chi connectivity index (χ3n) is 1.83. The topological polar surface area (TPSA) is 46.5 Å². The van der Waals surface area contributed by atoms with Gasteiger partial charge in [-0.25, -0.2) is 13.8 Å². The lowest BCUT2D eigenvalue weighted by molar-refractivity contribution is -0.133. The Balaban J connectivity index is 3.03. The molecular formula is C9H3F2NO2. The number of rotatable bonds is 0. The van der Waals surface area contributed by atoms with Crippen LogP contribution in [0.25, 0.3) is 5.83 Å². The largest absolute Gasteiger partial charge is 0.321 e. The first-order valence-electron chi connectivity index (χ1n) is 3.73. The Morgan fingerprint density at radius 3 is 2.57 bits per heavy atom. The average molecular weight is 195 g/mol. The van der Waals surface area contributed by atoms with Crippen molar-refractivity contribution in [3.63, 3.8) is 0 Å². The van der Waals surface area contributed by atoms with E-state index in [1.54, 1.807) is 0 Å². The van der Waals surface area contributed by atoms with Crippen LogP contribution >= 0.6 is 0 Å². The van der Waals surface area contributed by atoms with Crippen LogP contribution in [0.5, 0.6) is 0 Å². The van der Waals surface area contributed by atoms with Crippen LogP contribution in [0.3, 0.4) is 0 Å². The number of fused-ring (bicyclic) bond motifs is 1. The molecule has 1 aromatic rings. The highest BCUT2D eigenvalue weighted by Gasteiger charge is 2.24. The van der Waals surface area contributed by atoms with Crippen LogP contribution < -0.4 is 10.6 Å². The van der Waals surface area contributed by atoms with Gasteiger partial charge in [0.2, 0.25) is 0 Å². The number of hydrogen-bond donors (Lipinski definition) is 0. The molecule has 0 fully saturated rings. The molecule has 0 unspecified atom stereocenters. The summed E-state index contributed by atoms with van der Waals surface area (Å²) < 4.78 is 26.2. The monoisotopic (exact) mass is 195 g/mol. The first kappa shape index (κ1) is 8.68. The van der Waals surface area contributed by atoms with Crippen molar-refractivity contribution >= 4 is 17.5 Å². The summed E-state index contributed by atoms with van der Waals surface area (Å²) in [7, 11) is 0. The molecule has 1 aromatic carbocycles. The van der Waals surface area contributed by atoms with Gasteiger partial charge in [-0.2, -0.15) is 0 Å². The van der Waals surface area contributed by atoms with Crippen molar-refractivity contribution in [2.45, 2.75) is 0 Å². The maximum Gasteiger partial charge on any atom is 0.321 e. The summed E-state index contributed by atoms with van der Waals surface area (Å²) in [5, 5.41) is -0.677. The standard InChI is InChI=1S/C9H3F2NO2/c10-4-2-1-3-5-6(4)7(11)8(13)9(14)12-5/h1-3H. The molecule has 70 valence electrons. The van der Waals surface area contributed by atoms with E-state index in [0.717, 1.165) is 6.07 Å². The van der Waals surface area contributed by atoms with Gasteiger partial charge < -0.3 is 0 Å². The second-order valence-corrected chi connectivity index (χ2v) is 2.69. The molecule has 0 aliphatic carbocycles. The van der Waals surface area contributed by atoms with E-state index < -0.39 is 28.6 Å². The molecule has 1 aliphatic rings. The minimum atomic E-state index is -1.40. The van der Waals surface area contributed by atoms with Gasteiger partial charge in [-0.05, 0) is 12.1 Å². The molecule has 3 nitrogen and oxygen atoms in total. The zero-order valence-electron chi connectivity index (χ0n) is 6.75. The molecule has 5 heteroatoms. The van der Waals surface area contributed by atoms with Gasteiger partial charge in [0, 0.05) is 0 Å². The second-order valence-electron chi connectivity index (χ2n) is 2.69. The molecule has 1 aliphatic heterocycles. The lowest BCUT2D eigenvalue weighted by Crippen LogP contribution is -2.38. The number of ketones is 1. The minimum Gasteiger partial charge on any atom is -0.280 e. The summed E-state index contributed by atoms with van der Waals surface area (Å²) in [6, 6.07) is 3.55. The molecule has 0 bridgehead atoms. The molecule has 0 aromatic heterocycles. The number of carbonyl (C=O) groups is 2. The zero-order valence-corrected chi connectivity index (χ0v) is 6.75. The highest BCUT2D eigenvalue weighted by atomic mass is 19.1. The molecule has 0 saturated heterocycles. The third kappa shape index (κ3) is 1.06. The highest BCUT2D eigenvalue weighted by Crippen LogP contribution is 2.02. The van der Waals surface area contributed by atoms with Crippen LogP contribution in [0.15, 0.2) is 23.2 Å². The van der Waals surface area contributed by atoms with Crippen molar-refractivity contribution in [3.8, 4) is 0 Å². The molecule has 1 heterocycles. The van der Waals surface area contributed by atoms with Crippen molar-refractivity contribution in [3.05, 3.63) is 34.6 Å². The molecule has 0 radical (unpaired) electrons. The Morgan fingerprint density at radius 2 is 1.86 bits per heavy atom. The SMILES string of the molecule is O=C1N=c2cccc(F)c2=C(F)C1=O. The molecule has 0 saturated carbocycles. The maximum atomic E-state index is 13.1. The van der Waals surface area contributed by atoms with Crippen molar-refractivity contribution in [1.82, 2.24) is 0 Å². The number of hydrogen-bond acceptors (Lipinski definition) is 2. The first-order chi connectivity index (χ1) is 6.61. The van der Waals surface area contributed by atoms with Gasteiger partial charge in [-0.15, -0.1) is 0 Å². The Bertz CT molecular complexity index is 563. The predicted octanol–water partition coefficient (Wildman–Crippen LogP) is -0.368. The Morgan fingerprint density at radius 1 is 1.14 bits per heavy atom. The van der Waals surface area contributed by atoms with E-state index in [0.29, 0.717) is 0 Å². The molecule has 14 heavy (non-hydrogen) atoms. The Hall–Kier alpha value is -1.91. The van der Waals surface area contributed by atoms with Crippen molar-refractivity contribution in [2.75, 3.05) is 0 Å². The number of carbonyl (C=O) groups excluding carboxylic acids is 2. The van der Waals surface area contributed by atoms with Crippen LogP contribution in [0, 0.1) is 5.82 Å². The van der Waals surface area contributed by atoms with Crippen LogP contribution in [-0.4, -0.2) is 11.7 Å². The summed E-state index contributed by atoms with van der Waals surface area (Å²) in [5.74, 6) is -4.88. The summed E-state index contributed by atoms with van der Waals surface area (Å²) in [6.45, 7) is 0. The Kier molecular flexibility index (Phi) is 1.73. The number of halogens is 2. The van der Waals surface area contributed by atoms with E-state index in [2.05, 4.69) is 4.99 Å². The summed E-state index contributed by atoms with van der Waals surface area (Å²) in [6.07, 6.45) is 0. The van der Waals surface area contributed by atoms with Gasteiger partial charge in [0.05, 0.1) is 10.6 Å². The van der Waals surface area contributed by atoms with E-state index in [4.69, 9.17) is 0 Å². The van der Waals surface area contributed by atoms with Crippen LogP contribution in [0.4, 0.5) is 8.78 Å². The number of amides is 1. The van der Waals surface area contributed by atoms with Gasteiger partial charge in [-0.3, -0.25) is 9.59 Å². The molecular weight excluding hydrogens is 192 g/mol. The molecule has 0 spiro atoms. The van der Waals surface area contributed by atoms with Crippen molar-refractivity contribution in [2.24, 2.45) is 4.99 Å². The fraction of sp³-hybridized carbons (Fsp3) is 0. The second kappa shape index (κ2) is 2.80. The van der Waals surface area contributed by atoms with Gasteiger partial charge in [0.15, 0.2) is 5.83 Å². The van der Waals surface area contributed by atoms with Gasteiger partial charge in [0.25, 0.3) is 5.78 Å². The third-order valence-corrected chi connectivity index (χ3v) is 1.83. The van der Waals surface area contributed by atoms with Crippen molar-refractivity contribution < 1.29 is 18.4 Å². The molecule has 2 rings (SSSR count). The molecule has 0 atom stereocenters. The fourth-order valence-electron chi connectivity index (χ4n) is 1.19. The van der Waals surface area contributed by atoms with E-state index in [1.165, 1.54) is 12.1 Å². The Labute approximate surface area is 76.4 Å². The predicted molar refractivity (Wildman–Crippen MR) is 41.7 cm³/mol. The lowest BCUT2D eigenvalue weighted by Gasteiger charge is -2.00. The number of Topliss-reactive ketones (excluding diaryl/α,β-unsaturated/α-hetero) is 1. The van der Waals surface area contributed by atoms with Crippen LogP contribution in [0.2, 0.25) is 0 Å². The van der Waals surface area contributed by atoms with E-state index in [1.807, 2.05) is 0 Å². The molecule has 0 N–H and O–H groups in total. The van der Waals surface area contributed by atoms with Gasteiger partial charge >= 0.3 is 5.91 Å². The number of benzene rings is 1. The highest BCUT2D eigenvalue weighted by molar-refractivity contribution is 6.50. The van der Waals surface area contributed by atoms with Gasteiger partial charge in [0.1, 0.15) is 5.82 Å². The maximum absolute atomic E-state index is 13.1. The van der Waals surface area contributed by atoms with Crippen LogP contribution in [-0.2, 0) is 9.59 Å². The lowest BCUT2D eigenvalue weighted by atomic mass is 10.1. The average Bonchev–Trinajstić information content (AvgIpc) is 2.14.